The molecule has 0 aliphatic carbocycles. The van der Waals surface area contributed by atoms with Crippen LogP contribution in [0.2, 0.25) is 0 Å². The first kappa shape index (κ1) is 22.1. The number of nitrogen functional groups attached to an aromatic ring is 1. The predicted octanol–water partition coefficient (Wildman–Crippen LogP) is 4.28. The summed E-state index contributed by atoms with van der Waals surface area (Å²) in [7, 11) is 2.13. The standard InChI is InChI=1S/C28H35N5O2/c1-4-28(34,5-2)12-9-21-7-6-8-22(15-21)20-35-26-16-23(17-30-27(26)29)24-18-31-33(19-24)25-10-13-32(3)14-11-25/h6-8,15-19,25,34H,4-5,10-11,13-14,20H2,1-3H3,(H2,29,30)/i20D2. The van der Waals surface area contributed by atoms with Crippen molar-refractivity contribution in [2.24, 2.45) is 0 Å². The highest BCUT2D eigenvalue weighted by molar-refractivity contribution is 5.65. The summed E-state index contributed by atoms with van der Waals surface area (Å²) < 4.78 is 25.0. The maximum absolute atomic E-state index is 10.4. The van der Waals surface area contributed by atoms with Gasteiger partial charge in [-0.2, -0.15) is 5.10 Å². The summed E-state index contributed by atoms with van der Waals surface area (Å²) in [6, 6.07) is 8.80. The molecule has 0 spiro atoms. The first-order valence-corrected chi connectivity index (χ1v) is 12.2. The highest BCUT2D eigenvalue weighted by Gasteiger charge is 2.20. The van der Waals surface area contributed by atoms with Gasteiger partial charge >= 0.3 is 0 Å². The third kappa shape index (κ3) is 6.21. The van der Waals surface area contributed by atoms with E-state index in [-0.39, 0.29) is 17.1 Å². The van der Waals surface area contributed by atoms with Crippen LogP contribution >= 0.6 is 0 Å². The number of aromatic nitrogens is 3. The summed E-state index contributed by atoms with van der Waals surface area (Å²) in [6.45, 7) is 3.67. The molecule has 1 aliphatic heterocycles. The molecule has 0 radical (unpaired) electrons. The smallest absolute Gasteiger partial charge is 0.166 e. The zero-order valence-corrected chi connectivity index (χ0v) is 20.7. The van der Waals surface area contributed by atoms with Crippen LogP contribution in [-0.2, 0) is 6.56 Å². The number of nitrogens with zero attached hydrogens (tertiary/aromatic N) is 4. The Labute approximate surface area is 210 Å². The van der Waals surface area contributed by atoms with Crippen LogP contribution in [0.1, 0.15) is 59.4 Å². The Morgan fingerprint density at radius 2 is 1.97 bits per heavy atom. The Morgan fingerprint density at radius 3 is 2.71 bits per heavy atom. The van der Waals surface area contributed by atoms with Gasteiger partial charge in [-0.15, -0.1) is 0 Å². The molecule has 0 bridgehead atoms. The number of hydrogen-bond acceptors (Lipinski definition) is 6. The first-order chi connectivity index (χ1) is 17.6. The van der Waals surface area contributed by atoms with Gasteiger partial charge in [0.1, 0.15) is 12.2 Å². The number of hydrogen-bond donors (Lipinski definition) is 2. The number of nitrogens with two attached hydrogens (primary N) is 1. The van der Waals surface area contributed by atoms with Gasteiger partial charge in [0.2, 0.25) is 0 Å². The van der Waals surface area contributed by atoms with Crippen LogP contribution in [0.3, 0.4) is 0 Å². The lowest BCUT2D eigenvalue weighted by molar-refractivity contribution is 0.0931. The molecule has 0 amide bonds. The molecule has 3 N–H and O–H groups in total. The molecule has 0 unspecified atom stereocenters. The molecule has 1 saturated heterocycles. The van der Waals surface area contributed by atoms with Gasteiger partial charge < -0.3 is 20.5 Å². The highest BCUT2D eigenvalue weighted by atomic mass is 16.5. The highest BCUT2D eigenvalue weighted by Crippen LogP contribution is 2.29. The van der Waals surface area contributed by atoms with E-state index in [4.69, 9.17) is 13.2 Å². The molecule has 1 fully saturated rings. The summed E-state index contributed by atoms with van der Waals surface area (Å²) in [6.07, 6.45) is 8.56. The number of rotatable bonds is 7. The second kappa shape index (κ2) is 10.9. The molecule has 1 aliphatic rings. The van der Waals surface area contributed by atoms with E-state index in [2.05, 4.69) is 33.9 Å². The quantitative estimate of drug-likeness (QED) is 0.496. The van der Waals surface area contributed by atoms with Crippen molar-refractivity contribution in [2.75, 3.05) is 25.9 Å². The Balaban J connectivity index is 1.54. The van der Waals surface area contributed by atoms with Crippen LogP contribution in [0.4, 0.5) is 5.82 Å². The molecule has 4 rings (SSSR count). The van der Waals surface area contributed by atoms with Crippen LogP contribution < -0.4 is 10.5 Å². The molecule has 7 heteroatoms. The van der Waals surface area contributed by atoms with Crippen LogP contribution in [0.25, 0.3) is 11.1 Å². The topological polar surface area (TPSA) is 89.4 Å². The molecule has 3 heterocycles. The summed E-state index contributed by atoms with van der Waals surface area (Å²) >= 11 is 0. The normalized spacial score (nSPS) is 16.2. The number of ether oxygens (including phenoxy) is 1. The summed E-state index contributed by atoms with van der Waals surface area (Å²) in [5, 5.41) is 15.0. The minimum atomic E-state index is -2.18. The monoisotopic (exact) mass is 475 g/mol. The summed E-state index contributed by atoms with van der Waals surface area (Å²) in [5.41, 5.74) is 7.50. The fourth-order valence-electron chi connectivity index (χ4n) is 4.03. The van der Waals surface area contributed by atoms with Crippen LogP contribution in [0.15, 0.2) is 48.9 Å². The predicted molar refractivity (Wildman–Crippen MR) is 139 cm³/mol. The molecule has 3 aromatic rings. The van der Waals surface area contributed by atoms with Gasteiger partial charge in [0.05, 0.1) is 15.0 Å². The van der Waals surface area contributed by atoms with Crippen LogP contribution in [-0.4, -0.2) is 50.5 Å². The minimum absolute atomic E-state index is 0.0993. The van der Waals surface area contributed by atoms with E-state index in [0.29, 0.717) is 24.4 Å². The lowest BCUT2D eigenvalue weighted by atomic mass is 9.98. The van der Waals surface area contributed by atoms with Crippen LogP contribution in [0, 0.1) is 11.8 Å². The Bertz CT molecular complexity index is 1280. The van der Waals surface area contributed by atoms with Crippen molar-refractivity contribution in [1.29, 1.82) is 0 Å². The number of benzene rings is 1. The molecule has 184 valence electrons. The van der Waals surface area contributed by atoms with Gasteiger partial charge in [-0.3, -0.25) is 4.68 Å². The van der Waals surface area contributed by atoms with Gasteiger partial charge in [-0.25, -0.2) is 4.98 Å². The SMILES string of the molecule is [2H]C([2H])(Oc1cc(-c2cnn(C3CCN(C)CC3)c2)cnc1N)c1cccc(C#CC(O)(CC)CC)c1. The zero-order chi connectivity index (χ0) is 26.6. The molecule has 1 aromatic carbocycles. The Kier molecular flexibility index (Phi) is 6.92. The van der Waals surface area contributed by atoms with E-state index in [1.807, 2.05) is 24.7 Å². The van der Waals surface area contributed by atoms with Crippen molar-refractivity contribution in [3.63, 3.8) is 0 Å². The van der Waals surface area contributed by atoms with Crippen molar-refractivity contribution >= 4 is 5.82 Å². The second-order valence-electron chi connectivity index (χ2n) is 9.12. The number of piperidine rings is 1. The van der Waals surface area contributed by atoms with E-state index >= 15 is 0 Å². The molecule has 35 heavy (non-hydrogen) atoms. The Hall–Kier alpha value is -3.34. The maximum Gasteiger partial charge on any atom is 0.166 e. The van der Waals surface area contributed by atoms with Gasteiger partial charge in [0.25, 0.3) is 0 Å². The van der Waals surface area contributed by atoms with Crippen molar-refractivity contribution in [3.05, 3.63) is 60.0 Å². The number of aliphatic hydroxyl groups is 1. The molecular weight excluding hydrogens is 438 g/mol. The summed E-state index contributed by atoms with van der Waals surface area (Å²) in [5.74, 6) is 6.12. The third-order valence-electron chi connectivity index (χ3n) is 6.63. The third-order valence-corrected chi connectivity index (χ3v) is 6.63. The minimum Gasteiger partial charge on any atom is -0.485 e. The lowest BCUT2D eigenvalue weighted by Gasteiger charge is -2.28. The molecule has 0 atom stereocenters. The van der Waals surface area contributed by atoms with Crippen molar-refractivity contribution < 1.29 is 12.6 Å². The van der Waals surface area contributed by atoms with Crippen molar-refractivity contribution in [1.82, 2.24) is 19.7 Å². The van der Waals surface area contributed by atoms with E-state index in [9.17, 15) is 5.11 Å². The summed E-state index contributed by atoms with van der Waals surface area (Å²) in [4.78, 5) is 6.57. The van der Waals surface area contributed by atoms with Gasteiger partial charge in [0, 0.05) is 29.1 Å². The molecule has 7 nitrogen and oxygen atoms in total. The van der Waals surface area contributed by atoms with E-state index in [0.717, 1.165) is 37.1 Å². The second-order valence-corrected chi connectivity index (χ2v) is 9.12. The first-order valence-electron chi connectivity index (χ1n) is 13.2. The lowest BCUT2D eigenvalue weighted by Crippen LogP contribution is -2.31. The number of likely N-dealkylation sites (tertiary alicyclic amines) is 1. The fraction of sp³-hybridized carbons (Fsp3) is 0.429. The van der Waals surface area contributed by atoms with E-state index in [1.165, 1.54) is 0 Å². The fourth-order valence-corrected chi connectivity index (χ4v) is 4.03. The Morgan fingerprint density at radius 1 is 1.20 bits per heavy atom. The average Bonchev–Trinajstić information content (AvgIpc) is 3.39. The van der Waals surface area contributed by atoms with Gasteiger partial charge in [0.15, 0.2) is 11.6 Å². The van der Waals surface area contributed by atoms with Crippen molar-refractivity contribution in [2.45, 2.75) is 57.7 Å². The largest absolute Gasteiger partial charge is 0.485 e. The molecular formula is C28H35N5O2. The van der Waals surface area contributed by atoms with Gasteiger partial charge in [-0.05, 0) is 69.6 Å². The van der Waals surface area contributed by atoms with E-state index in [1.54, 1.807) is 42.7 Å². The van der Waals surface area contributed by atoms with Crippen LogP contribution in [0.5, 0.6) is 5.75 Å². The number of pyridine rings is 1. The van der Waals surface area contributed by atoms with Crippen molar-refractivity contribution in [3.8, 4) is 28.7 Å². The van der Waals surface area contributed by atoms with E-state index < -0.39 is 12.2 Å². The average molecular weight is 476 g/mol. The van der Waals surface area contributed by atoms with Gasteiger partial charge in [-0.1, -0.05) is 37.8 Å². The maximum atomic E-state index is 10.4. The number of anilines is 1. The molecule has 2 aromatic heterocycles. The zero-order valence-electron chi connectivity index (χ0n) is 22.7. The molecule has 0 saturated carbocycles.